The fourth-order valence-electron chi connectivity index (χ4n) is 1.41. The highest BCUT2D eigenvalue weighted by Crippen LogP contribution is 2.27. The molecule has 0 fully saturated rings. The van der Waals surface area contributed by atoms with E-state index in [-0.39, 0.29) is 11.4 Å². The highest BCUT2D eigenvalue weighted by atomic mass is 19.3. The largest absolute Gasteiger partial charge is 0.382 e. The number of alkyl halides is 2. The summed E-state index contributed by atoms with van der Waals surface area (Å²) in [4.78, 5) is 3.95. The summed E-state index contributed by atoms with van der Waals surface area (Å²) in [7, 11) is 0. The number of imidazole rings is 1. The molecule has 0 amide bonds. The van der Waals surface area contributed by atoms with Crippen LogP contribution >= 0.6 is 0 Å². The average molecular weight is 224 g/mol. The van der Waals surface area contributed by atoms with Crippen molar-refractivity contribution in [2.45, 2.75) is 6.43 Å². The van der Waals surface area contributed by atoms with Crippen molar-refractivity contribution in [2.24, 2.45) is 0 Å². The molecule has 0 saturated heterocycles. The molecule has 0 saturated carbocycles. The lowest BCUT2D eigenvalue weighted by molar-refractivity contribution is 0.151. The third-order valence-electron chi connectivity index (χ3n) is 2.24. The van der Waals surface area contributed by atoms with Gasteiger partial charge in [-0.25, -0.2) is 18.4 Å². The lowest BCUT2D eigenvalue weighted by atomic mass is 10.1. The zero-order valence-corrected chi connectivity index (χ0v) is 8.27. The average Bonchev–Trinajstić information content (AvgIpc) is 2.60. The van der Waals surface area contributed by atoms with Crippen molar-refractivity contribution in [2.75, 3.05) is 11.6 Å². The van der Waals surface area contributed by atoms with Crippen LogP contribution in [-0.2, 0) is 0 Å². The summed E-state index contributed by atoms with van der Waals surface area (Å²) in [6, 6.07) is 5.89. The number of rotatable bonds is 2. The van der Waals surface area contributed by atoms with Gasteiger partial charge in [0.15, 0.2) is 0 Å². The van der Waals surface area contributed by atoms with E-state index in [0.717, 1.165) is 4.68 Å². The zero-order chi connectivity index (χ0) is 11.7. The third-order valence-corrected chi connectivity index (χ3v) is 2.24. The van der Waals surface area contributed by atoms with E-state index in [2.05, 4.69) is 4.98 Å². The molecule has 0 radical (unpaired) electrons. The Morgan fingerprint density at radius 1 is 1.31 bits per heavy atom. The van der Waals surface area contributed by atoms with Gasteiger partial charge >= 0.3 is 0 Å². The second kappa shape index (κ2) is 3.80. The Bertz CT molecular complexity index is 507. The molecule has 0 spiro atoms. The molecule has 0 aliphatic heterocycles. The summed E-state index contributed by atoms with van der Waals surface area (Å²) in [6.45, 7) is 0. The monoisotopic (exact) mass is 224 g/mol. The van der Waals surface area contributed by atoms with E-state index in [9.17, 15) is 8.78 Å². The van der Waals surface area contributed by atoms with E-state index in [4.69, 9.17) is 11.6 Å². The topological polar surface area (TPSA) is 69.9 Å². The number of benzene rings is 1. The van der Waals surface area contributed by atoms with Gasteiger partial charge in [0.2, 0.25) is 0 Å². The van der Waals surface area contributed by atoms with Crippen LogP contribution in [0.1, 0.15) is 12.0 Å². The highest BCUT2D eigenvalue weighted by Gasteiger charge is 2.12. The fraction of sp³-hybridized carbons (Fsp3) is 0.100. The normalized spacial score (nSPS) is 10.9. The van der Waals surface area contributed by atoms with Gasteiger partial charge in [-0.1, -0.05) is 18.2 Å². The molecule has 4 N–H and O–H groups in total. The molecule has 1 heterocycles. The van der Waals surface area contributed by atoms with Crippen LogP contribution in [0.4, 0.5) is 14.6 Å². The quantitative estimate of drug-likeness (QED) is 0.764. The molecule has 16 heavy (non-hydrogen) atoms. The van der Waals surface area contributed by atoms with Gasteiger partial charge in [0.05, 0.1) is 0 Å². The van der Waals surface area contributed by atoms with Gasteiger partial charge in [-0.3, -0.25) is 0 Å². The van der Waals surface area contributed by atoms with Crippen molar-refractivity contribution in [3.05, 3.63) is 36.2 Å². The first-order valence-electron chi connectivity index (χ1n) is 4.56. The smallest absolute Gasteiger partial charge is 0.263 e. The van der Waals surface area contributed by atoms with Crippen molar-refractivity contribution >= 4 is 5.82 Å². The Morgan fingerprint density at radius 2 is 2.06 bits per heavy atom. The third kappa shape index (κ3) is 1.69. The molecule has 0 aliphatic rings. The molecule has 1 aromatic carbocycles. The summed E-state index contributed by atoms with van der Waals surface area (Å²) in [5.74, 6) is 5.70. The summed E-state index contributed by atoms with van der Waals surface area (Å²) in [5.41, 5.74) is 6.52. The molecule has 0 unspecified atom stereocenters. The summed E-state index contributed by atoms with van der Waals surface area (Å²) in [5, 5.41) is 0. The van der Waals surface area contributed by atoms with E-state index in [1.165, 1.54) is 24.5 Å². The van der Waals surface area contributed by atoms with E-state index in [1.54, 1.807) is 6.07 Å². The molecule has 84 valence electrons. The predicted molar refractivity (Wildman–Crippen MR) is 57.2 cm³/mol. The van der Waals surface area contributed by atoms with Gasteiger partial charge in [-0.05, 0) is 6.07 Å². The molecule has 6 heteroatoms. The van der Waals surface area contributed by atoms with E-state index >= 15 is 0 Å². The van der Waals surface area contributed by atoms with Crippen molar-refractivity contribution in [3.63, 3.8) is 0 Å². The van der Waals surface area contributed by atoms with Crippen LogP contribution in [0, 0.1) is 0 Å². The highest BCUT2D eigenvalue weighted by molar-refractivity contribution is 5.70. The number of nitrogens with two attached hydrogens (primary N) is 2. The Labute approximate surface area is 90.5 Å². The van der Waals surface area contributed by atoms with Crippen LogP contribution in [0.3, 0.4) is 0 Å². The fourth-order valence-corrected chi connectivity index (χ4v) is 1.41. The van der Waals surface area contributed by atoms with Gasteiger partial charge in [0, 0.05) is 11.1 Å². The standard InChI is InChI=1S/C10H10F2N4/c11-9(12)7-3-1-2-6(4-7)8-10(13)16(14)5-15-8/h1-5,9H,13-14H2. The van der Waals surface area contributed by atoms with Crippen LogP contribution < -0.4 is 11.6 Å². The second-order valence-electron chi connectivity index (χ2n) is 3.31. The first kappa shape index (κ1) is 10.4. The Kier molecular flexibility index (Phi) is 2.47. The van der Waals surface area contributed by atoms with Crippen LogP contribution in [0.5, 0.6) is 0 Å². The first-order valence-corrected chi connectivity index (χ1v) is 4.56. The lowest BCUT2D eigenvalue weighted by Gasteiger charge is -2.03. The van der Waals surface area contributed by atoms with E-state index in [0.29, 0.717) is 11.3 Å². The van der Waals surface area contributed by atoms with Gasteiger partial charge in [0.1, 0.15) is 17.8 Å². The van der Waals surface area contributed by atoms with Gasteiger partial charge in [-0.15, -0.1) is 0 Å². The van der Waals surface area contributed by atoms with Crippen molar-refractivity contribution in [1.82, 2.24) is 9.66 Å². The molecule has 4 nitrogen and oxygen atoms in total. The SMILES string of the molecule is Nc1c(-c2cccc(C(F)F)c2)ncn1N. The molecular formula is C10H10F2N4. The Hall–Kier alpha value is -2.11. The van der Waals surface area contributed by atoms with Gasteiger partial charge < -0.3 is 11.6 Å². The maximum Gasteiger partial charge on any atom is 0.263 e. The van der Waals surface area contributed by atoms with Crippen molar-refractivity contribution < 1.29 is 8.78 Å². The minimum atomic E-state index is -2.51. The van der Waals surface area contributed by atoms with E-state index in [1.807, 2.05) is 0 Å². The van der Waals surface area contributed by atoms with Crippen LogP contribution in [0.15, 0.2) is 30.6 Å². The summed E-state index contributed by atoms with van der Waals surface area (Å²) >= 11 is 0. The van der Waals surface area contributed by atoms with E-state index < -0.39 is 6.43 Å². The molecule has 0 atom stereocenters. The zero-order valence-electron chi connectivity index (χ0n) is 8.27. The molecule has 1 aromatic heterocycles. The van der Waals surface area contributed by atoms with Crippen LogP contribution in [0.25, 0.3) is 11.3 Å². The summed E-state index contributed by atoms with van der Waals surface area (Å²) in [6.07, 6.45) is -1.18. The lowest BCUT2D eigenvalue weighted by Crippen LogP contribution is -2.09. The first-order chi connectivity index (χ1) is 7.59. The minimum Gasteiger partial charge on any atom is -0.382 e. The molecule has 0 bridgehead atoms. The summed E-state index contributed by atoms with van der Waals surface area (Å²) < 4.78 is 26.1. The predicted octanol–water partition coefficient (Wildman–Crippen LogP) is 1.78. The second-order valence-corrected chi connectivity index (χ2v) is 3.31. The number of nitrogen functional groups attached to an aromatic ring is 2. The molecule has 2 aromatic rings. The molecular weight excluding hydrogens is 214 g/mol. The maximum atomic E-state index is 12.5. The van der Waals surface area contributed by atoms with Crippen molar-refractivity contribution in [1.29, 1.82) is 0 Å². The number of aromatic nitrogens is 2. The number of hydrogen-bond acceptors (Lipinski definition) is 3. The van der Waals surface area contributed by atoms with Crippen LogP contribution in [0.2, 0.25) is 0 Å². The molecule has 0 aliphatic carbocycles. The molecule has 2 rings (SSSR count). The number of hydrogen-bond donors (Lipinski definition) is 2. The number of halogens is 2. The maximum absolute atomic E-state index is 12.5. The minimum absolute atomic E-state index is 0.0662. The van der Waals surface area contributed by atoms with Gasteiger partial charge in [-0.2, -0.15) is 0 Å². The number of nitrogens with zero attached hydrogens (tertiary/aromatic N) is 2. The number of anilines is 1. The van der Waals surface area contributed by atoms with Crippen molar-refractivity contribution in [3.8, 4) is 11.3 Å². The van der Waals surface area contributed by atoms with Gasteiger partial charge in [0.25, 0.3) is 6.43 Å². The Balaban J connectivity index is 2.48. The van der Waals surface area contributed by atoms with Crippen LogP contribution in [-0.4, -0.2) is 9.66 Å². The Morgan fingerprint density at radius 3 is 2.62 bits per heavy atom.